The second-order valence-corrected chi connectivity index (χ2v) is 8.12. The smallest absolute Gasteiger partial charge is 0.263 e. The molecule has 2 N–H and O–H groups in total. The number of halogens is 1. The zero-order valence-corrected chi connectivity index (χ0v) is 18.2. The van der Waals surface area contributed by atoms with E-state index in [4.69, 9.17) is 4.74 Å². The molecule has 3 heterocycles. The number of fused-ring (bicyclic) bond motifs is 1. The molecule has 1 fully saturated rings. The number of aromatic nitrogens is 1. The number of nitrogens with one attached hydrogen (secondary N) is 2. The van der Waals surface area contributed by atoms with Gasteiger partial charge in [-0.2, -0.15) is 0 Å². The number of carbonyl (C=O) groups excluding carboxylic acids is 1. The Labute approximate surface area is 183 Å². The van der Waals surface area contributed by atoms with Crippen LogP contribution in [0.4, 0.5) is 0 Å². The summed E-state index contributed by atoms with van der Waals surface area (Å²) in [6.45, 7) is 5.59. The third-order valence-corrected chi connectivity index (χ3v) is 5.88. The number of piperidine rings is 1. The minimum absolute atomic E-state index is 0. The second kappa shape index (κ2) is 10.1. The van der Waals surface area contributed by atoms with E-state index in [0.717, 1.165) is 56.7 Å². The molecule has 1 atom stereocenters. The minimum atomic E-state index is -0.308. The highest BCUT2D eigenvalue weighted by molar-refractivity contribution is 5.95. The van der Waals surface area contributed by atoms with Crippen LogP contribution in [0.25, 0.3) is 0 Å². The summed E-state index contributed by atoms with van der Waals surface area (Å²) >= 11 is 0. The van der Waals surface area contributed by atoms with Gasteiger partial charge in [0, 0.05) is 19.3 Å². The summed E-state index contributed by atoms with van der Waals surface area (Å²) < 4.78 is 7.33. The molecule has 1 aromatic carbocycles. The number of benzene rings is 1. The van der Waals surface area contributed by atoms with Gasteiger partial charge in [-0.3, -0.25) is 9.59 Å². The number of rotatable bonds is 5. The summed E-state index contributed by atoms with van der Waals surface area (Å²) in [7, 11) is 0. The van der Waals surface area contributed by atoms with E-state index in [0.29, 0.717) is 24.6 Å². The van der Waals surface area contributed by atoms with Crippen molar-refractivity contribution in [2.24, 2.45) is 5.92 Å². The number of carbonyl (C=O) groups is 1. The van der Waals surface area contributed by atoms with E-state index in [2.05, 4.69) is 16.7 Å². The molecule has 6 nitrogen and oxygen atoms in total. The summed E-state index contributed by atoms with van der Waals surface area (Å²) in [5.74, 6) is 1.06. The number of ether oxygens (including phenoxy) is 1. The van der Waals surface area contributed by atoms with Gasteiger partial charge in [-0.25, -0.2) is 0 Å². The third kappa shape index (κ3) is 5.05. The highest BCUT2D eigenvalue weighted by Crippen LogP contribution is 2.25. The second-order valence-electron chi connectivity index (χ2n) is 8.12. The van der Waals surface area contributed by atoms with Crippen LogP contribution < -0.4 is 20.9 Å². The Hall–Kier alpha value is -2.31. The molecule has 1 amide bonds. The van der Waals surface area contributed by atoms with Crippen molar-refractivity contribution >= 4 is 18.3 Å². The number of hydrogen-bond acceptors (Lipinski definition) is 4. The summed E-state index contributed by atoms with van der Waals surface area (Å²) in [6.07, 6.45) is 6.06. The molecule has 2 aromatic rings. The van der Waals surface area contributed by atoms with Crippen LogP contribution in [0.15, 0.2) is 35.3 Å². The van der Waals surface area contributed by atoms with Gasteiger partial charge in [-0.05, 0) is 80.4 Å². The van der Waals surface area contributed by atoms with E-state index in [9.17, 15) is 9.59 Å². The number of aryl methyl sites for hydroxylation is 2. The topological polar surface area (TPSA) is 72.4 Å². The fourth-order valence-corrected chi connectivity index (χ4v) is 4.24. The number of amides is 1. The zero-order chi connectivity index (χ0) is 20.2. The molecule has 2 aliphatic heterocycles. The first-order valence-corrected chi connectivity index (χ1v) is 10.6. The molecule has 0 saturated carbocycles. The van der Waals surface area contributed by atoms with Gasteiger partial charge in [0.05, 0.1) is 6.61 Å². The van der Waals surface area contributed by atoms with Gasteiger partial charge in [0.15, 0.2) is 0 Å². The molecule has 1 unspecified atom stereocenters. The van der Waals surface area contributed by atoms with Crippen LogP contribution in [0.1, 0.15) is 46.3 Å². The fraction of sp³-hybridized carbons (Fsp3) is 0.478. The predicted octanol–water partition coefficient (Wildman–Crippen LogP) is 2.83. The molecule has 2 aliphatic rings. The molecule has 1 saturated heterocycles. The minimum Gasteiger partial charge on any atom is -0.493 e. The predicted molar refractivity (Wildman–Crippen MR) is 120 cm³/mol. The van der Waals surface area contributed by atoms with Crippen LogP contribution in [0, 0.1) is 12.8 Å². The lowest BCUT2D eigenvalue weighted by Gasteiger charge is -2.23. The number of nitrogens with zero attached hydrogens (tertiary/aromatic N) is 1. The quantitative estimate of drug-likeness (QED) is 0.763. The molecule has 0 bridgehead atoms. The van der Waals surface area contributed by atoms with Crippen molar-refractivity contribution < 1.29 is 9.53 Å². The first-order chi connectivity index (χ1) is 14.1. The van der Waals surface area contributed by atoms with E-state index in [1.165, 1.54) is 5.56 Å². The molecular formula is C23H30ClN3O3. The SMILES string of the molecule is Cc1ccn(CC2CCCNC2)c(=O)c1C(=O)NCc1ccc2c(c1)CCCO2.Cl. The Balaban J connectivity index is 0.00000256. The van der Waals surface area contributed by atoms with Crippen molar-refractivity contribution in [2.75, 3.05) is 19.7 Å². The van der Waals surface area contributed by atoms with Gasteiger partial charge in [0.2, 0.25) is 0 Å². The lowest BCUT2D eigenvalue weighted by atomic mass is 9.99. The average molecular weight is 432 g/mol. The average Bonchev–Trinajstić information content (AvgIpc) is 2.75. The monoisotopic (exact) mass is 431 g/mol. The highest BCUT2D eigenvalue weighted by atomic mass is 35.5. The summed E-state index contributed by atoms with van der Waals surface area (Å²) in [5, 5.41) is 6.31. The van der Waals surface area contributed by atoms with E-state index < -0.39 is 0 Å². The zero-order valence-electron chi connectivity index (χ0n) is 17.4. The summed E-state index contributed by atoms with van der Waals surface area (Å²) in [5.41, 5.74) is 2.96. The van der Waals surface area contributed by atoms with Gasteiger partial charge < -0.3 is 19.9 Å². The van der Waals surface area contributed by atoms with Crippen LogP contribution >= 0.6 is 12.4 Å². The first-order valence-electron chi connectivity index (χ1n) is 10.6. The van der Waals surface area contributed by atoms with Crippen molar-refractivity contribution in [1.82, 2.24) is 15.2 Å². The normalized spacial score (nSPS) is 18.0. The van der Waals surface area contributed by atoms with Gasteiger partial charge in [0.25, 0.3) is 11.5 Å². The van der Waals surface area contributed by atoms with Crippen LogP contribution in [0.5, 0.6) is 5.75 Å². The van der Waals surface area contributed by atoms with E-state index in [1.807, 2.05) is 31.3 Å². The fourth-order valence-electron chi connectivity index (χ4n) is 4.24. The first kappa shape index (κ1) is 22.4. The molecule has 0 radical (unpaired) electrons. The Morgan fingerprint density at radius 3 is 2.97 bits per heavy atom. The van der Waals surface area contributed by atoms with Gasteiger partial charge >= 0.3 is 0 Å². The van der Waals surface area contributed by atoms with E-state index in [-0.39, 0.29) is 29.4 Å². The molecule has 0 spiro atoms. The van der Waals surface area contributed by atoms with Crippen molar-refractivity contribution in [3.8, 4) is 5.75 Å². The molecule has 162 valence electrons. The van der Waals surface area contributed by atoms with Crippen molar-refractivity contribution in [3.63, 3.8) is 0 Å². The molecule has 1 aromatic heterocycles. The van der Waals surface area contributed by atoms with Gasteiger partial charge in [-0.15, -0.1) is 12.4 Å². The van der Waals surface area contributed by atoms with Crippen LogP contribution in [0.3, 0.4) is 0 Å². The standard InChI is InChI=1S/C23H29N3O3.ClH/c1-16-8-10-26(15-18-4-2-9-24-13-18)23(28)21(16)22(27)25-14-17-6-7-20-19(12-17)5-3-11-29-20;/h6-8,10,12,18,24H,2-5,9,11,13-15H2,1H3,(H,25,27);1H. The molecule has 0 aliphatic carbocycles. The maximum Gasteiger partial charge on any atom is 0.263 e. The largest absolute Gasteiger partial charge is 0.493 e. The maximum absolute atomic E-state index is 13.0. The van der Waals surface area contributed by atoms with Crippen molar-refractivity contribution in [1.29, 1.82) is 0 Å². The van der Waals surface area contributed by atoms with Gasteiger partial charge in [-0.1, -0.05) is 12.1 Å². The molecule has 30 heavy (non-hydrogen) atoms. The maximum atomic E-state index is 13.0. The van der Waals surface area contributed by atoms with Crippen LogP contribution in [0.2, 0.25) is 0 Å². The Morgan fingerprint density at radius 1 is 1.30 bits per heavy atom. The van der Waals surface area contributed by atoms with Crippen molar-refractivity contribution in [3.05, 3.63) is 63.1 Å². The molecule has 7 heteroatoms. The lowest BCUT2D eigenvalue weighted by molar-refractivity contribution is 0.0948. The molecular weight excluding hydrogens is 402 g/mol. The Morgan fingerprint density at radius 2 is 2.17 bits per heavy atom. The van der Waals surface area contributed by atoms with E-state index in [1.54, 1.807) is 4.57 Å². The van der Waals surface area contributed by atoms with Crippen LogP contribution in [-0.4, -0.2) is 30.2 Å². The number of hydrogen-bond donors (Lipinski definition) is 2. The van der Waals surface area contributed by atoms with E-state index >= 15 is 0 Å². The summed E-state index contributed by atoms with van der Waals surface area (Å²) in [4.78, 5) is 25.8. The van der Waals surface area contributed by atoms with Crippen molar-refractivity contribution in [2.45, 2.75) is 45.7 Å². The summed E-state index contributed by atoms with van der Waals surface area (Å²) in [6, 6.07) is 7.88. The Bertz CT molecular complexity index is 951. The van der Waals surface area contributed by atoms with Crippen LogP contribution in [-0.2, 0) is 19.5 Å². The highest BCUT2D eigenvalue weighted by Gasteiger charge is 2.19. The lowest BCUT2D eigenvalue weighted by Crippen LogP contribution is -2.37. The Kier molecular flexibility index (Phi) is 7.56. The molecule has 4 rings (SSSR count). The van der Waals surface area contributed by atoms with Gasteiger partial charge in [0.1, 0.15) is 11.3 Å². The number of pyridine rings is 1. The third-order valence-electron chi connectivity index (χ3n) is 5.88.